The predicted octanol–water partition coefficient (Wildman–Crippen LogP) is 2.39. The van der Waals surface area contributed by atoms with E-state index in [0.29, 0.717) is 12.6 Å². The van der Waals surface area contributed by atoms with E-state index in [1.807, 2.05) is 0 Å². The molecule has 0 aromatic heterocycles. The number of nitrogens with zero attached hydrogens (tertiary/aromatic N) is 1. The van der Waals surface area contributed by atoms with Crippen molar-refractivity contribution in [1.82, 2.24) is 10.2 Å². The second kappa shape index (κ2) is 8.93. The standard InChI is InChI=1S/C16H32N2O/c19-14-16-9-6-12-18(16)11-5-4-10-17-13-15-7-2-1-3-8-15/h15-17,19H,1-14H2. The van der Waals surface area contributed by atoms with Crippen molar-refractivity contribution in [3.05, 3.63) is 0 Å². The van der Waals surface area contributed by atoms with E-state index in [-0.39, 0.29) is 0 Å². The van der Waals surface area contributed by atoms with E-state index in [0.717, 1.165) is 5.92 Å². The Labute approximate surface area is 118 Å². The molecule has 0 aromatic rings. The molecule has 3 nitrogen and oxygen atoms in total. The summed E-state index contributed by atoms with van der Waals surface area (Å²) < 4.78 is 0. The third kappa shape index (κ3) is 5.41. The summed E-state index contributed by atoms with van der Waals surface area (Å²) in [6.07, 6.45) is 12.3. The lowest BCUT2D eigenvalue weighted by Crippen LogP contribution is -2.33. The van der Waals surface area contributed by atoms with Crippen LogP contribution < -0.4 is 5.32 Å². The minimum atomic E-state index is 0.347. The van der Waals surface area contributed by atoms with Crippen LogP contribution in [0.15, 0.2) is 0 Å². The first-order valence-corrected chi connectivity index (χ1v) is 8.46. The van der Waals surface area contributed by atoms with Gasteiger partial charge in [0, 0.05) is 6.04 Å². The highest BCUT2D eigenvalue weighted by Crippen LogP contribution is 2.22. The zero-order valence-corrected chi connectivity index (χ0v) is 12.4. The summed E-state index contributed by atoms with van der Waals surface area (Å²) in [4.78, 5) is 2.47. The number of likely N-dealkylation sites (tertiary alicyclic amines) is 1. The molecule has 2 aliphatic rings. The fraction of sp³-hybridized carbons (Fsp3) is 1.00. The Morgan fingerprint density at radius 3 is 2.63 bits per heavy atom. The molecule has 2 N–H and O–H groups in total. The maximum atomic E-state index is 9.27. The van der Waals surface area contributed by atoms with E-state index in [1.165, 1.54) is 84.0 Å². The van der Waals surface area contributed by atoms with E-state index in [2.05, 4.69) is 10.2 Å². The van der Waals surface area contributed by atoms with Crippen molar-refractivity contribution in [2.24, 2.45) is 5.92 Å². The van der Waals surface area contributed by atoms with Gasteiger partial charge in [-0.15, -0.1) is 0 Å². The van der Waals surface area contributed by atoms with Crippen LogP contribution >= 0.6 is 0 Å². The van der Waals surface area contributed by atoms with Crippen molar-refractivity contribution >= 4 is 0 Å². The zero-order valence-electron chi connectivity index (χ0n) is 12.4. The fourth-order valence-electron chi connectivity index (χ4n) is 3.66. The number of aliphatic hydroxyl groups is 1. The highest BCUT2D eigenvalue weighted by atomic mass is 16.3. The summed E-state index contributed by atoms with van der Waals surface area (Å²) in [6, 6.07) is 0.454. The first-order chi connectivity index (χ1) is 9.40. The van der Waals surface area contributed by atoms with E-state index < -0.39 is 0 Å². The minimum Gasteiger partial charge on any atom is -0.395 e. The number of aliphatic hydroxyl groups excluding tert-OH is 1. The Kier molecular flexibility index (Phi) is 7.18. The molecule has 1 saturated carbocycles. The first-order valence-electron chi connectivity index (χ1n) is 8.46. The smallest absolute Gasteiger partial charge is 0.0586 e. The molecule has 19 heavy (non-hydrogen) atoms. The van der Waals surface area contributed by atoms with Crippen LogP contribution in [-0.4, -0.2) is 48.8 Å². The highest BCUT2D eigenvalue weighted by molar-refractivity contribution is 4.78. The van der Waals surface area contributed by atoms with Crippen LogP contribution in [0.2, 0.25) is 0 Å². The van der Waals surface area contributed by atoms with Gasteiger partial charge in [0.25, 0.3) is 0 Å². The largest absolute Gasteiger partial charge is 0.395 e. The Balaban J connectivity index is 1.43. The lowest BCUT2D eigenvalue weighted by molar-refractivity contribution is 0.157. The number of hydrogen-bond donors (Lipinski definition) is 2. The van der Waals surface area contributed by atoms with Crippen LogP contribution in [0.4, 0.5) is 0 Å². The van der Waals surface area contributed by atoms with Gasteiger partial charge in [-0.05, 0) is 70.6 Å². The Morgan fingerprint density at radius 1 is 1.00 bits per heavy atom. The van der Waals surface area contributed by atoms with Crippen LogP contribution in [0.1, 0.15) is 57.8 Å². The molecule has 0 radical (unpaired) electrons. The normalized spacial score (nSPS) is 26.1. The summed E-state index contributed by atoms with van der Waals surface area (Å²) in [5, 5.41) is 12.9. The van der Waals surface area contributed by atoms with Gasteiger partial charge in [-0.1, -0.05) is 19.3 Å². The molecule has 0 spiro atoms. The Hall–Kier alpha value is -0.120. The second-order valence-electron chi connectivity index (χ2n) is 6.43. The number of nitrogens with one attached hydrogen (secondary N) is 1. The molecular formula is C16H32N2O. The van der Waals surface area contributed by atoms with Gasteiger partial charge in [0.1, 0.15) is 0 Å². The fourth-order valence-corrected chi connectivity index (χ4v) is 3.66. The Morgan fingerprint density at radius 2 is 1.84 bits per heavy atom. The Bertz CT molecular complexity index is 229. The lowest BCUT2D eigenvalue weighted by atomic mass is 9.89. The predicted molar refractivity (Wildman–Crippen MR) is 80.4 cm³/mol. The monoisotopic (exact) mass is 268 g/mol. The van der Waals surface area contributed by atoms with E-state index in [9.17, 15) is 5.11 Å². The van der Waals surface area contributed by atoms with Gasteiger partial charge in [0.15, 0.2) is 0 Å². The minimum absolute atomic E-state index is 0.347. The van der Waals surface area contributed by atoms with Crippen molar-refractivity contribution in [3.63, 3.8) is 0 Å². The van der Waals surface area contributed by atoms with Gasteiger partial charge in [0.2, 0.25) is 0 Å². The maximum absolute atomic E-state index is 9.27. The number of rotatable bonds is 8. The van der Waals surface area contributed by atoms with Gasteiger partial charge < -0.3 is 10.4 Å². The van der Waals surface area contributed by atoms with Gasteiger partial charge in [-0.25, -0.2) is 0 Å². The van der Waals surface area contributed by atoms with Crippen molar-refractivity contribution in [3.8, 4) is 0 Å². The van der Waals surface area contributed by atoms with E-state index in [4.69, 9.17) is 0 Å². The summed E-state index contributed by atoms with van der Waals surface area (Å²) in [6.45, 7) is 5.13. The van der Waals surface area contributed by atoms with Gasteiger partial charge in [0.05, 0.1) is 6.61 Å². The van der Waals surface area contributed by atoms with Gasteiger partial charge in [-0.2, -0.15) is 0 Å². The second-order valence-corrected chi connectivity index (χ2v) is 6.43. The summed E-state index contributed by atoms with van der Waals surface area (Å²) in [5.74, 6) is 0.950. The summed E-state index contributed by atoms with van der Waals surface area (Å²) in [7, 11) is 0. The first kappa shape index (κ1) is 15.3. The van der Waals surface area contributed by atoms with Crippen molar-refractivity contribution in [1.29, 1.82) is 0 Å². The van der Waals surface area contributed by atoms with E-state index in [1.54, 1.807) is 0 Å². The van der Waals surface area contributed by atoms with Crippen molar-refractivity contribution < 1.29 is 5.11 Å². The van der Waals surface area contributed by atoms with Crippen LogP contribution in [0.25, 0.3) is 0 Å². The highest BCUT2D eigenvalue weighted by Gasteiger charge is 2.22. The maximum Gasteiger partial charge on any atom is 0.0586 e. The molecule has 1 unspecified atom stereocenters. The summed E-state index contributed by atoms with van der Waals surface area (Å²) in [5.41, 5.74) is 0. The quantitative estimate of drug-likeness (QED) is 0.664. The van der Waals surface area contributed by atoms with Gasteiger partial charge >= 0.3 is 0 Å². The van der Waals surface area contributed by atoms with Crippen LogP contribution in [0, 0.1) is 5.92 Å². The third-order valence-electron chi connectivity index (χ3n) is 4.92. The topological polar surface area (TPSA) is 35.5 Å². The molecule has 1 atom stereocenters. The number of hydrogen-bond acceptors (Lipinski definition) is 3. The van der Waals surface area contributed by atoms with Crippen LogP contribution in [0.5, 0.6) is 0 Å². The molecule has 0 aromatic carbocycles. The molecule has 3 heteroatoms. The SMILES string of the molecule is OCC1CCCN1CCCCNCC1CCCCC1. The third-order valence-corrected chi connectivity index (χ3v) is 4.92. The van der Waals surface area contributed by atoms with Crippen LogP contribution in [0.3, 0.4) is 0 Å². The molecule has 1 aliphatic carbocycles. The molecule has 0 amide bonds. The molecule has 2 rings (SSSR count). The molecule has 2 fully saturated rings. The molecule has 1 saturated heterocycles. The van der Waals surface area contributed by atoms with Gasteiger partial charge in [-0.3, -0.25) is 4.90 Å². The lowest BCUT2D eigenvalue weighted by Gasteiger charge is -2.23. The van der Waals surface area contributed by atoms with Crippen LogP contribution in [-0.2, 0) is 0 Å². The summed E-state index contributed by atoms with van der Waals surface area (Å²) >= 11 is 0. The molecule has 1 aliphatic heterocycles. The molecule has 112 valence electrons. The molecule has 1 heterocycles. The number of unbranched alkanes of at least 4 members (excludes halogenated alkanes) is 1. The average molecular weight is 268 g/mol. The molecule has 0 bridgehead atoms. The van der Waals surface area contributed by atoms with Crippen molar-refractivity contribution in [2.45, 2.75) is 63.8 Å². The van der Waals surface area contributed by atoms with Crippen molar-refractivity contribution in [2.75, 3.05) is 32.8 Å². The zero-order chi connectivity index (χ0) is 13.3. The molecular weight excluding hydrogens is 236 g/mol. The van der Waals surface area contributed by atoms with E-state index >= 15 is 0 Å². The average Bonchev–Trinajstić information content (AvgIpc) is 2.91.